The van der Waals surface area contributed by atoms with Gasteiger partial charge in [-0.2, -0.15) is 0 Å². The zero-order valence-electron chi connectivity index (χ0n) is 11.3. The third kappa shape index (κ3) is 6.26. The minimum atomic E-state index is -0.425. The molecule has 0 aliphatic rings. The van der Waals surface area contributed by atoms with Gasteiger partial charge in [0.05, 0.1) is 18.1 Å². The minimum absolute atomic E-state index is 0.0632. The van der Waals surface area contributed by atoms with Gasteiger partial charge in [0.25, 0.3) is 5.69 Å². The SMILES string of the molecule is CCOC(=O)COCCNCc1cccc([N+](=O)[O-])c1. The molecule has 0 aliphatic heterocycles. The van der Waals surface area contributed by atoms with Crippen molar-refractivity contribution < 1.29 is 19.2 Å². The van der Waals surface area contributed by atoms with Gasteiger partial charge in [0.15, 0.2) is 0 Å². The van der Waals surface area contributed by atoms with Crippen molar-refractivity contribution in [3.8, 4) is 0 Å². The molecule has 0 spiro atoms. The van der Waals surface area contributed by atoms with Crippen LogP contribution in [-0.4, -0.2) is 37.3 Å². The average molecular weight is 282 g/mol. The van der Waals surface area contributed by atoms with Gasteiger partial charge in [-0.3, -0.25) is 10.1 Å². The molecule has 0 aliphatic carbocycles. The second-order valence-corrected chi connectivity index (χ2v) is 3.96. The van der Waals surface area contributed by atoms with Crippen molar-refractivity contribution in [3.05, 3.63) is 39.9 Å². The second kappa shape index (κ2) is 9.00. The van der Waals surface area contributed by atoms with Gasteiger partial charge in [-0.05, 0) is 12.5 Å². The number of carbonyl (C=O) groups is 1. The van der Waals surface area contributed by atoms with Crippen LogP contribution in [0.25, 0.3) is 0 Å². The fraction of sp³-hybridized carbons (Fsp3) is 0.462. The molecule has 0 saturated heterocycles. The van der Waals surface area contributed by atoms with Crippen LogP contribution in [0.1, 0.15) is 12.5 Å². The van der Waals surface area contributed by atoms with Crippen LogP contribution in [0.4, 0.5) is 5.69 Å². The number of nitrogens with one attached hydrogen (secondary N) is 1. The van der Waals surface area contributed by atoms with Gasteiger partial charge in [-0.15, -0.1) is 0 Å². The number of esters is 1. The van der Waals surface area contributed by atoms with Crippen LogP contribution in [0.2, 0.25) is 0 Å². The van der Waals surface area contributed by atoms with E-state index in [1.807, 2.05) is 0 Å². The van der Waals surface area contributed by atoms with E-state index in [2.05, 4.69) is 5.32 Å². The third-order valence-corrected chi connectivity index (χ3v) is 2.40. The number of hydrogen-bond acceptors (Lipinski definition) is 6. The first-order valence-electron chi connectivity index (χ1n) is 6.31. The van der Waals surface area contributed by atoms with E-state index in [-0.39, 0.29) is 18.3 Å². The normalized spacial score (nSPS) is 10.2. The Morgan fingerprint density at radius 1 is 1.45 bits per heavy atom. The summed E-state index contributed by atoms with van der Waals surface area (Å²) in [7, 11) is 0. The quantitative estimate of drug-likeness (QED) is 0.317. The number of nitrogens with zero attached hydrogens (tertiary/aromatic N) is 1. The van der Waals surface area contributed by atoms with Gasteiger partial charge in [0.1, 0.15) is 6.61 Å². The molecule has 0 heterocycles. The van der Waals surface area contributed by atoms with Crippen LogP contribution in [0.5, 0.6) is 0 Å². The summed E-state index contributed by atoms with van der Waals surface area (Å²) in [5.41, 5.74) is 0.896. The summed E-state index contributed by atoms with van der Waals surface area (Å²) in [4.78, 5) is 21.1. The highest BCUT2D eigenvalue weighted by Crippen LogP contribution is 2.12. The maximum Gasteiger partial charge on any atom is 0.332 e. The van der Waals surface area contributed by atoms with E-state index in [9.17, 15) is 14.9 Å². The molecule has 7 nitrogen and oxygen atoms in total. The highest BCUT2D eigenvalue weighted by atomic mass is 16.6. The molecule has 0 saturated carbocycles. The second-order valence-electron chi connectivity index (χ2n) is 3.96. The molecule has 7 heteroatoms. The zero-order valence-corrected chi connectivity index (χ0v) is 11.3. The summed E-state index contributed by atoms with van der Waals surface area (Å²) in [6.45, 7) is 3.43. The maximum atomic E-state index is 11.0. The first-order valence-corrected chi connectivity index (χ1v) is 6.31. The molecule has 1 N–H and O–H groups in total. The standard InChI is InChI=1S/C13H18N2O5/c1-2-20-13(16)10-19-7-6-14-9-11-4-3-5-12(8-11)15(17)18/h3-5,8,14H,2,6-7,9-10H2,1H3. The van der Waals surface area contributed by atoms with Gasteiger partial charge in [0, 0.05) is 25.2 Å². The largest absolute Gasteiger partial charge is 0.464 e. The molecule has 0 atom stereocenters. The van der Waals surface area contributed by atoms with Crippen LogP contribution < -0.4 is 5.32 Å². The Hall–Kier alpha value is -1.99. The molecule has 1 aromatic rings. The molecular formula is C13H18N2O5. The molecule has 0 aromatic heterocycles. The van der Waals surface area contributed by atoms with Crippen molar-refractivity contribution in [1.82, 2.24) is 5.32 Å². The van der Waals surface area contributed by atoms with E-state index < -0.39 is 4.92 Å². The third-order valence-electron chi connectivity index (χ3n) is 2.40. The summed E-state index contributed by atoms with van der Waals surface area (Å²) in [6, 6.07) is 6.42. The van der Waals surface area contributed by atoms with Crippen LogP contribution >= 0.6 is 0 Å². The maximum absolute atomic E-state index is 11.0. The zero-order chi connectivity index (χ0) is 14.8. The minimum Gasteiger partial charge on any atom is -0.464 e. The van der Waals surface area contributed by atoms with E-state index in [1.54, 1.807) is 19.1 Å². The lowest BCUT2D eigenvalue weighted by Crippen LogP contribution is -2.21. The van der Waals surface area contributed by atoms with E-state index in [0.29, 0.717) is 26.3 Å². The molecule has 0 radical (unpaired) electrons. The fourth-order valence-electron chi connectivity index (χ4n) is 1.52. The molecule has 0 fully saturated rings. The predicted octanol–water partition coefficient (Wildman–Crippen LogP) is 1.26. The highest BCUT2D eigenvalue weighted by molar-refractivity contribution is 5.70. The van der Waals surface area contributed by atoms with Gasteiger partial charge < -0.3 is 14.8 Å². The highest BCUT2D eigenvalue weighted by Gasteiger charge is 2.05. The van der Waals surface area contributed by atoms with E-state index in [4.69, 9.17) is 9.47 Å². The number of nitro groups is 1. The van der Waals surface area contributed by atoms with Crippen molar-refractivity contribution in [2.45, 2.75) is 13.5 Å². The van der Waals surface area contributed by atoms with Crippen molar-refractivity contribution >= 4 is 11.7 Å². The van der Waals surface area contributed by atoms with E-state index >= 15 is 0 Å². The molecule has 0 amide bonds. The van der Waals surface area contributed by atoms with Crippen molar-refractivity contribution in [3.63, 3.8) is 0 Å². The van der Waals surface area contributed by atoms with Crippen LogP contribution in [0, 0.1) is 10.1 Å². The van der Waals surface area contributed by atoms with Gasteiger partial charge in [-0.1, -0.05) is 12.1 Å². The number of benzene rings is 1. The Bertz CT molecular complexity index is 450. The van der Waals surface area contributed by atoms with Crippen molar-refractivity contribution in [1.29, 1.82) is 0 Å². The molecule has 20 heavy (non-hydrogen) atoms. The first kappa shape index (κ1) is 16.1. The molecule has 110 valence electrons. The summed E-state index contributed by atoms with van der Waals surface area (Å²) >= 11 is 0. The molecule has 1 rings (SSSR count). The Balaban J connectivity index is 2.17. The van der Waals surface area contributed by atoms with E-state index in [0.717, 1.165) is 5.56 Å². The predicted molar refractivity (Wildman–Crippen MR) is 72.3 cm³/mol. The smallest absolute Gasteiger partial charge is 0.332 e. The summed E-state index contributed by atoms with van der Waals surface area (Å²) in [6.07, 6.45) is 0. The number of nitro benzene ring substituents is 1. The lowest BCUT2D eigenvalue weighted by atomic mass is 10.2. The Morgan fingerprint density at radius 3 is 2.95 bits per heavy atom. The Labute approximate surface area is 117 Å². The first-order chi connectivity index (χ1) is 9.63. The van der Waals surface area contributed by atoms with E-state index in [1.165, 1.54) is 12.1 Å². The molecule has 1 aromatic carbocycles. The number of carbonyl (C=O) groups excluding carboxylic acids is 1. The van der Waals surface area contributed by atoms with Gasteiger partial charge >= 0.3 is 5.97 Å². The Morgan fingerprint density at radius 2 is 2.25 bits per heavy atom. The summed E-state index contributed by atoms with van der Waals surface area (Å²) in [5, 5.41) is 13.7. The molecule has 0 bridgehead atoms. The summed E-state index contributed by atoms with van der Waals surface area (Å²) < 4.78 is 9.81. The van der Waals surface area contributed by atoms with Gasteiger partial charge in [0.2, 0.25) is 0 Å². The van der Waals surface area contributed by atoms with Crippen LogP contribution in [-0.2, 0) is 20.8 Å². The topological polar surface area (TPSA) is 90.7 Å². The fourth-order valence-corrected chi connectivity index (χ4v) is 1.52. The van der Waals surface area contributed by atoms with Crippen LogP contribution in [0.3, 0.4) is 0 Å². The monoisotopic (exact) mass is 282 g/mol. The molecular weight excluding hydrogens is 264 g/mol. The number of ether oxygens (including phenoxy) is 2. The summed E-state index contributed by atoms with van der Waals surface area (Å²) in [5.74, 6) is -0.383. The lowest BCUT2D eigenvalue weighted by Gasteiger charge is -2.06. The number of non-ortho nitro benzene ring substituents is 1. The lowest BCUT2D eigenvalue weighted by molar-refractivity contribution is -0.384. The Kier molecular flexibility index (Phi) is 7.23. The van der Waals surface area contributed by atoms with Crippen molar-refractivity contribution in [2.75, 3.05) is 26.4 Å². The number of hydrogen-bond donors (Lipinski definition) is 1. The average Bonchev–Trinajstić information content (AvgIpc) is 2.43. The number of rotatable bonds is 9. The molecule has 0 unspecified atom stereocenters. The van der Waals surface area contributed by atoms with Crippen LogP contribution in [0.15, 0.2) is 24.3 Å². The van der Waals surface area contributed by atoms with Crippen molar-refractivity contribution in [2.24, 2.45) is 0 Å². The van der Waals surface area contributed by atoms with Gasteiger partial charge in [-0.25, -0.2) is 4.79 Å².